The van der Waals surface area contributed by atoms with Crippen LogP contribution in [0.5, 0.6) is 0 Å². The molecule has 0 aliphatic carbocycles. The first-order valence-corrected chi connectivity index (χ1v) is 10.3. The second-order valence-electron chi connectivity index (χ2n) is 6.83. The molecular weight excluding hydrogens is 504 g/mol. The zero-order chi connectivity index (χ0) is 20.5. The summed E-state index contributed by atoms with van der Waals surface area (Å²) in [5.41, 5.74) is 7.48. The molecule has 1 amide bonds. The molecule has 4 N–H and O–H groups in total. The number of aromatic nitrogens is 1. The Morgan fingerprint density at radius 3 is 2.52 bits per heavy atom. The summed E-state index contributed by atoms with van der Waals surface area (Å²) >= 11 is 1.59. The number of carbonyl (C=O) groups is 1. The number of nitrogens with one attached hydrogen (secondary N) is 2. The topological polar surface area (TPSA) is 92.4 Å². The second-order valence-corrected chi connectivity index (χ2v) is 7.77. The van der Waals surface area contributed by atoms with E-state index in [0.717, 1.165) is 16.3 Å². The van der Waals surface area contributed by atoms with Gasteiger partial charge in [0.25, 0.3) is 0 Å². The van der Waals surface area contributed by atoms with Gasteiger partial charge in [-0.05, 0) is 37.0 Å². The maximum Gasteiger partial charge on any atom is 0.222 e. The van der Waals surface area contributed by atoms with Crippen LogP contribution >= 0.6 is 35.3 Å². The first-order chi connectivity index (χ1) is 13.4. The van der Waals surface area contributed by atoms with Crippen LogP contribution in [0.15, 0.2) is 34.6 Å². The van der Waals surface area contributed by atoms with E-state index < -0.39 is 11.8 Å². The van der Waals surface area contributed by atoms with Gasteiger partial charge in [0.05, 0.1) is 18.2 Å². The van der Waals surface area contributed by atoms with Crippen molar-refractivity contribution in [2.75, 3.05) is 13.1 Å². The molecule has 0 fully saturated rings. The van der Waals surface area contributed by atoms with Gasteiger partial charge in [0.15, 0.2) is 5.96 Å². The average molecular weight is 533 g/mol. The van der Waals surface area contributed by atoms with Crippen molar-refractivity contribution in [3.63, 3.8) is 0 Å². The first-order valence-electron chi connectivity index (χ1n) is 9.39. The maximum absolute atomic E-state index is 13.1. The Hall–Kier alpha value is -1.75. The van der Waals surface area contributed by atoms with Gasteiger partial charge in [-0.15, -0.1) is 35.3 Å². The number of benzene rings is 1. The number of amides is 1. The first kappa shape index (κ1) is 25.3. The Balaban J connectivity index is 0.00000420. The number of rotatable bonds is 9. The van der Waals surface area contributed by atoms with Gasteiger partial charge in [-0.3, -0.25) is 4.79 Å². The molecule has 6 nitrogen and oxygen atoms in total. The lowest BCUT2D eigenvalue weighted by molar-refractivity contribution is -0.121. The van der Waals surface area contributed by atoms with E-state index in [4.69, 9.17) is 5.73 Å². The molecule has 2 rings (SSSR count). The van der Waals surface area contributed by atoms with Crippen molar-refractivity contribution in [1.82, 2.24) is 15.6 Å². The molecule has 0 saturated carbocycles. The molecule has 160 valence electrons. The molecule has 0 aliphatic rings. The minimum Gasteiger partial charge on any atom is -0.369 e. The zero-order valence-corrected chi connectivity index (χ0v) is 20.1. The Morgan fingerprint density at radius 1 is 1.28 bits per heavy atom. The highest BCUT2D eigenvalue weighted by Gasteiger charge is 2.17. The monoisotopic (exact) mass is 533 g/mol. The van der Waals surface area contributed by atoms with E-state index in [9.17, 15) is 9.18 Å². The third-order valence-corrected chi connectivity index (χ3v) is 5.04. The molecule has 0 spiro atoms. The molecule has 2 aromatic rings. The van der Waals surface area contributed by atoms with Gasteiger partial charge in [-0.1, -0.05) is 26.0 Å². The summed E-state index contributed by atoms with van der Waals surface area (Å²) in [5.74, 6) is -0.143. The predicted octanol–water partition coefficient (Wildman–Crippen LogP) is 3.42. The number of guanidine groups is 1. The fraction of sp³-hybridized carbons (Fsp3) is 0.450. The number of carbonyl (C=O) groups excluding carboxylic acids is 1. The van der Waals surface area contributed by atoms with Crippen LogP contribution in [-0.2, 0) is 17.8 Å². The maximum atomic E-state index is 13.1. The Kier molecular flexibility index (Phi) is 11.1. The molecule has 1 unspecified atom stereocenters. The molecule has 0 aliphatic heterocycles. The van der Waals surface area contributed by atoms with Gasteiger partial charge in [0.2, 0.25) is 5.91 Å². The van der Waals surface area contributed by atoms with Crippen LogP contribution in [0.1, 0.15) is 43.0 Å². The van der Waals surface area contributed by atoms with Crippen molar-refractivity contribution in [3.8, 4) is 0 Å². The van der Waals surface area contributed by atoms with Crippen LogP contribution in [0.3, 0.4) is 0 Å². The molecule has 1 aromatic heterocycles. The van der Waals surface area contributed by atoms with Crippen LogP contribution in [0.2, 0.25) is 0 Å². The van der Waals surface area contributed by atoms with Gasteiger partial charge in [0, 0.05) is 18.5 Å². The lowest BCUT2D eigenvalue weighted by atomic mass is 9.98. The van der Waals surface area contributed by atoms with Crippen LogP contribution in [-0.4, -0.2) is 29.9 Å². The minimum atomic E-state index is -0.429. The summed E-state index contributed by atoms with van der Waals surface area (Å²) in [5, 5.41) is 9.34. The SMILES string of the molecule is CCNC(=NCc1nc(C(C)C)cs1)NCC(Cc1ccc(F)cc1)C(N)=O.I. The number of thiazole rings is 1. The standard InChI is InChI=1S/C20H28FN5OS.HI/c1-4-23-20(25-11-18-26-17(12-28-18)13(2)3)24-10-15(19(22)27)9-14-5-7-16(21)8-6-14;/h5-8,12-13,15H,4,9-11H2,1-3H3,(H2,22,27)(H2,23,24,25);1H. The summed E-state index contributed by atoms with van der Waals surface area (Å²) in [6.45, 7) is 7.69. The number of hydrogen-bond acceptors (Lipinski definition) is 4. The normalized spacial score (nSPS) is 12.4. The summed E-state index contributed by atoms with van der Waals surface area (Å²) < 4.78 is 13.1. The van der Waals surface area contributed by atoms with E-state index in [1.54, 1.807) is 23.5 Å². The molecular formula is C20H29FIN5OS. The highest BCUT2D eigenvalue weighted by molar-refractivity contribution is 14.0. The van der Waals surface area contributed by atoms with Crippen molar-refractivity contribution in [1.29, 1.82) is 0 Å². The molecule has 0 saturated heterocycles. The summed E-state index contributed by atoms with van der Waals surface area (Å²) in [4.78, 5) is 21.0. The third kappa shape index (κ3) is 8.65. The summed E-state index contributed by atoms with van der Waals surface area (Å²) in [6, 6.07) is 6.09. The number of hydrogen-bond donors (Lipinski definition) is 3. The fourth-order valence-corrected chi connectivity index (χ4v) is 3.43. The second kappa shape index (κ2) is 12.7. The molecule has 1 aromatic carbocycles. The quantitative estimate of drug-likeness (QED) is 0.262. The molecule has 1 atom stereocenters. The molecule has 0 bridgehead atoms. The molecule has 1 heterocycles. The summed E-state index contributed by atoms with van der Waals surface area (Å²) in [6.07, 6.45) is 0.437. The molecule has 0 radical (unpaired) electrons. The smallest absolute Gasteiger partial charge is 0.222 e. The third-order valence-electron chi connectivity index (χ3n) is 4.19. The number of halogens is 2. The van der Waals surface area contributed by atoms with Crippen LogP contribution in [0, 0.1) is 11.7 Å². The Labute approximate surface area is 192 Å². The highest BCUT2D eigenvalue weighted by atomic mass is 127. The van der Waals surface area contributed by atoms with E-state index in [1.165, 1.54) is 12.1 Å². The van der Waals surface area contributed by atoms with Crippen molar-refractivity contribution in [3.05, 3.63) is 51.7 Å². The Bertz CT molecular complexity index is 794. The van der Waals surface area contributed by atoms with E-state index in [2.05, 4.69) is 39.8 Å². The van der Waals surface area contributed by atoms with Gasteiger partial charge in [-0.2, -0.15) is 0 Å². The zero-order valence-electron chi connectivity index (χ0n) is 16.9. The van der Waals surface area contributed by atoms with Crippen molar-refractivity contribution < 1.29 is 9.18 Å². The predicted molar refractivity (Wildman–Crippen MR) is 127 cm³/mol. The largest absolute Gasteiger partial charge is 0.369 e. The lowest BCUT2D eigenvalue weighted by Gasteiger charge is -2.17. The minimum absolute atomic E-state index is 0. The van der Waals surface area contributed by atoms with E-state index >= 15 is 0 Å². The van der Waals surface area contributed by atoms with Gasteiger partial charge in [-0.25, -0.2) is 14.4 Å². The van der Waals surface area contributed by atoms with Crippen LogP contribution in [0.25, 0.3) is 0 Å². The summed E-state index contributed by atoms with van der Waals surface area (Å²) in [7, 11) is 0. The van der Waals surface area contributed by atoms with E-state index in [0.29, 0.717) is 37.9 Å². The van der Waals surface area contributed by atoms with Crippen molar-refractivity contribution >= 4 is 47.2 Å². The number of primary amides is 1. The van der Waals surface area contributed by atoms with E-state index in [1.807, 2.05) is 6.92 Å². The Morgan fingerprint density at radius 2 is 1.97 bits per heavy atom. The van der Waals surface area contributed by atoms with E-state index in [-0.39, 0.29) is 29.8 Å². The van der Waals surface area contributed by atoms with Gasteiger partial charge in [0.1, 0.15) is 10.8 Å². The number of aliphatic imine (C=N–C) groups is 1. The van der Waals surface area contributed by atoms with Crippen molar-refractivity contribution in [2.45, 2.75) is 39.7 Å². The van der Waals surface area contributed by atoms with Gasteiger partial charge < -0.3 is 16.4 Å². The highest BCUT2D eigenvalue weighted by Crippen LogP contribution is 2.18. The average Bonchev–Trinajstić information content (AvgIpc) is 3.13. The lowest BCUT2D eigenvalue weighted by Crippen LogP contribution is -2.43. The number of nitrogens with two attached hydrogens (primary N) is 1. The molecule has 9 heteroatoms. The van der Waals surface area contributed by atoms with Crippen molar-refractivity contribution in [2.24, 2.45) is 16.6 Å². The molecule has 29 heavy (non-hydrogen) atoms. The van der Waals surface area contributed by atoms with Gasteiger partial charge >= 0.3 is 0 Å². The van der Waals surface area contributed by atoms with Crippen LogP contribution < -0.4 is 16.4 Å². The number of nitrogens with zero attached hydrogens (tertiary/aromatic N) is 2. The fourth-order valence-electron chi connectivity index (χ4n) is 2.55. The van der Waals surface area contributed by atoms with Crippen LogP contribution in [0.4, 0.5) is 4.39 Å².